The molecule has 0 bridgehead atoms. The van der Waals surface area contributed by atoms with Crippen LogP contribution in [0.25, 0.3) is 28.4 Å². The molecule has 3 N–H and O–H groups in total. The molecule has 0 aliphatic rings. The van der Waals surface area contributed by atoms with Crippen molar-refractivity contribution in [1.82, 2.24) is 15.0 Å². The average Bonchev–Trinajstić information content (AvgIpc) is 3.19. The van der Waals surface area contributed by atoms with E-state index in [-0.39, 0.29) is 5.56 Å². The molecule has 30 heavy (non-hydrogen) atoms. The van der Waals surface area contributed by atoms with Crippen molar-refractivity contribution in [3.05, 3.63) is 84.1 Å². The summed E-state index contributed by atoms with van der Waals surface area (Å²) in [6.45, 7) is 0. The van der Waals surface area contributed by atoms with Gasteiger partial charge in [-0.3, -0.25) is 4.79 Å². The summed E-state index contributed by atoms with van der Waals surface area (Å²) in [6.07, 6.45) is 3.81. The maximum atomic E-state index is 14.3. The molecule has 0 unspecified atom stereocenters. The van der Waals surface area contributed by atoms with Crippen LogP contribution in [-0.2, 0) is 4.79 Å². The Labute approximate surface area is 169 Å². The maximum Gasteiger partial charge on any atom is 0.338 e. The topological polar surface area (TPSA) is 108 Å². The Morgan fingerprint density at radius 2 is 1.87 bits per heavy atom. The Morgan fingerprint density at radius 3 is 2.63 bits per heavy atom. The second kappa shape index (κ2) is 7.96. The van der Waals surface area contributed by atoms with Crippen LogP contribution in [0.4, 0.5) is 10.1 Å². The van der Waals surface area contributed by atoms with Crippen LogP contribution < -0.4 is 5.32 Å². The van der Waals surface area contributed by atoms with E-state index in [4.69, 9.17) is 0 Å². The number of fused-ring (bicyclic) bond motifs is 1. The van der Waals surface area contributed by atoms with Gasteiger partial charge < -0.3 is 15.4 Å². The van der Waals surface area contributed by atoms with Gasteiger partial charge in [0.15, 0.2) is 5.83 Å². The van der Waals surface area contributed by atoms with Gasteiger partial charge in [-0.15, -0.1) is 0 Å². The zero-order chi connectivity index (χ0) is 21.1. The molecule has 0 fully saturated rings. The first-order valence-corrected chi connectivity index (χ1v) is 8.92. The van der Waals surface area contributed by atoms with E-state index in [9.17, 15) is 19.1 Å². The molecule has 0 saturated carbocycles. The van der Waals surface area contributed by atoms with Crippen LogP contribution in [-0.4, -0.2) is 31.9 Å². The van der Waals surface area contributed by atoms with Gasteiger partial charge in [0, 0.05) is 17.4 Å². The van der Waals surface area contributed by atoms with Gasteiger partial charge in [0.2, 0.25) is 0 Å². The SMILES string of the molecule is O=C(Nc1cccc(-c2ncnc3[nH]cc(C(=O)O)c23)c1)/C(F)=C/c1ccccc1. The Hall–Kier alpha value is -4.33. The van der Waals surface area contributed by atoms with E-state index in [1.165, 1.54) is 12.5 Å². The predicted octanol–water partition coefficient (Wildman–Crippen LogP) is 4.27. The second-order valence-corrected chi connectivity index (χ2v) is 6.39. The van der Waals surface area contributed by atoms with Crippen molar-refractivity contribution in [3.63, 3.8) is 0 Å². The molecule has 4 aromatic rings. The summed E-state index contributed by atoms with van der Waals surface area (Å²) in [4.78, 5) is 34.8. The monoisotopic (exact) mass is 402 g/mol. The molecule has 2 heterocycles. The number of benzene rings is 2. The minimum atomic E-state index is -1.12. The van der Waals surface area contributed by atoms with Crippen molar-refractivity contribution in [2.24, 2.45) is 0 Å². The summed E-state index contributed by atoms with van der Waals surface area (Å²) in [6, 6.07) is 15.2. The van der Waals surface area contributed by atoms with Crippen LogP contribution in [0.2, 0.25) is 0 Å². The quantitative estimate of drug-likeness (QED) is 0.432. The van der Waals surface area contributed by atoms with Crippen molar-refractivity contribution in [2.75, 3.05) is 5.32 Å². The lowest BCUT2D eigenvalue weighted by atomic mass is 10.1. The number of rotatable bonds is 5. The number of nitrogens with one attached hydrogen (secondary N) is 2. The lowest BCUT2D eigenvalue weighted by Crippen LogP contribution is -2.11. The smallest absolute Gasteiger partial charge is 0.338 e. The molecule has 0 saturated heterocycles. The number of nitrogens with zero attached hydrogens (tertiary/aromatic N) is 2. The number of carboxylic acids is 1. The van der Waals surface area contributed by atoms with E-state index < -0.39 is 17.7 Å². The molecule has 8 heteroatoms. The molecule has 1 amide bonds. The van der Waals surface area contributed by atoms with Crippen LogP contribution in [0.5, 0.6) is 0 Å². The van der Waals surface area contributed by atoms with E-state index in [0.29, 0.717) is 33.5 Å². The number of carbonyl (C=O) groups excluding carboxylic acids is 1. The molecule has 0 aliphatic carbocycles. The lowest BCUT2D eigenvalue weighted by molar-refractivity contribution is -0.114. The molecule has 4 rings (SSSR count). The molecule has 0 aliphatic heterocycles. The highest BCUT2D eigenvalue weighted by molar-refractivity contribution is 6.08. The zero-order valence-corrected chi connectivity index (χ0v) is 15.5. The number of aromatic nitrogens is 3. The highest BCUT2D eigenvalue weighted by Gasteiger charge is 2.18. The van der Waals surface area contributed by atoms with Crippen molar-refractivity contribution < 1.29 is 19.1 Å². The fourth-order valence-corrected chi connectivity index (χ4v) is 3.05. The van der Waals surface area contributed by atoms with Gasteiger partial charge in [0.1, 0.15) is 12.0 Å². The van der Waals surface area contributed by atoms with Crippen molar-refractivity contribution in [2.45, 2.75) is 0 Å². The van der Waals surface area contributed by atoms with Crippen LogP contribution >= 0.6 is 0 Å². The summed E-state index contributed by atoms with van der Waals surface area (Å²) in [5, 5.41) is 12.3. The van der Waals surface area contributed by atoms with Gasteiger partial charge in [0.25, 0.3) is 5.91 Å². The van der Waals surface area contributed by atoms with E-state index >= 15 is 0 Å². The van der Waals surface area contributed by atoms with Gasteiger partial charge in [-0.1, -0.05) is 42.5 Å². The van der Waals surface area contributed by atoms with Crippen molar-refractivity contribution in [1.29, 1.82) is 0 Å². The van der Waals surface area contributed by atoms with Crippen molar-refractivity contribution in [3.8, 4) is 11.3 Å². The molecule has 0 spiro atoms. The molecule has 148 valence electrons. The Morgan fingerprint density at radius 1 is 1.07 bits per heavy atom. The number of anilines is 1. The fraction of sp³-hybridized carbons (Fsp3) is 0. The van der Waals surface area contributed by atoms with E-state index in [1.807, 2.05) is 0 Å². The number of carboxylic acid groups (broad SMARTS) is 1. The van der Waals surface area contributed by atoms with Crippen LogP contribution in [0.1, 0.15) is 15.9 Å². The second-order valence-electron chi connectivity index (χ2n) is 6.39. The third kappa shape index (κ3) is 3.79. The Kier molecular flexibility index (Phi) is 5.04. The standard InChI is InChI=1S/C22H15FN4O3/c23-17(9-13-5-2-1-3-6-13)21(28)27-15-8-4-7-14(10-15)19-18-16(22(29)30)11-24-20(18)26-12-25-19/h1-12H,(H,27,28)(H,29,30)(H,24,25,26)/b17-9-. The van der Waals surface area contributed by atoms with E-state index in [1.54, 1.807) is 54.6 Å². The first-order valence-electron chi connectivity index (χ1n) is 8.92. The highest BCUT2D eigenvalue weighted by atomic mass is 19.1. The third-order valence-corrected chi connectivity index (χ3v) is 4.40. The number of H-pyrrole nitrogens is 1. The van der Waals surface area contributed by atoms with Crippen LogP contribution in [0, 0.1) is 0 Å². The summed E-state index contributed by atoms with van der Waals surface area (Å²) in [5.74, 6) is -2.94. The first-order chi connectivity index (χ1) is 14.5. The summed E-state index contributed by atoms with van der Waals surface area (Å²) >= 11 is 0. The summed E-state index contributed by atoms with van der Waals surface area (Å²) < 4.78 is 14.3. The molecule has 2 aromatic heterocycles. The number of amides is 1. The molecule has 0 atom stereocenters. The highest BCUT2D eigenvalue weighted by Crippen LogP contribution is 2.29. The summed E-state index contributed by atoms with van der Waals surface area (Å²) in [5.41, 5.74) is 2.25. The fourth-order valence-electron chi connectivity index (χ4n) is 3.05. The minimum Gasteiger partial charge on any atom is -0.478 e. The number of hydrogen-bond donors (Lipinski definition) is 3. The van der Waals surface area contributed by atoms with Gasteiger partial charge in [-0.05, 0) is 23.8 Å². The number of aromatic amines is 1. The van der Waals surface area contributed by atoms with Gasteiger partial charge in [-0.25, -0.2) is 19.2 Å². The van der Waals surface area contributed by atoms with E-state index in [0.717, 1.165) is 6.08 Å². The van der Waals surface area contributed by atoms with Crippen LogP contribution in [0.3, 0.4) is 0 Å². The number of carbonyl (C=O) groups is 2. The Bertz CT molecular complexity index is 1280. The normalized spacial score (nSPS) is 11.4. The molecule has 7 nitrogen and oxygen atoms in total. The summed E-state index contributed by atoms with van der Waals surface area (Å²) in [7, 11) is 0. The molecule has 0 radical (unpaired) electrons. The zero-order valence-electron chi connectivity index (χ0n) is 15.5. The van der Waals surface area contributed by atoms with Crippen LogP contribution in [0.15, 0.2) is 72.9 Å². The van der Waals surface area contributed by atoms with Crippen molar-refractivity contribution >= 4 is 34.7 Å². The molecular formula is C22H15FN4O3. The molecule has 2 aromatic carbocycles. The third-order valence-electron chi connectivity index (χ3n) is 4.40. The first kappa shape index (κ1) is 19.0. The predicted molar refractivity (Wildman–Crippen MR) is 110 cm³/mol. The Balaban J connectivity index is 1.65. The number of halogens is 1. The largest absolute Gasteiger partial charge is 0.478 e. The molecular weight excluding hydrogens is 387 g/mol. The lowest BCUT2D eigenvalue weighted by Gasteiger charge is -2.08. The average molecular weight is 402 g/mol. The van der Waals surface area contributed by atoms with Gasteiger partial charge in [0.05, 0.1) is 16.6 Å². The maximum absolute atomic E-state index is 14.3. The van der Waals surface area contributed by atoms with E-state index in [2.05, 4.69) is 20.3 Å². The van der Waals surface area contributed by atoms with Gasteiger partial charge in [-0.2, -0.15) is 0 Å². The van der Waals surface area contributed by atoms with Gasteiger partial charge >= 0.3 is 5.97 Å². The number of aromatic carboxylic acids is 1. The minimum absolute atomic E-state index is 0.0341. The number of hydrogen-bond acceptors (Lipinski definition) is 4.